The highest BCUT2D eigenvalue weighted by atomic mass is 16.3. The highest BCUT2D eigenvalue weighted by molar-refractivity contribution is 5.47. The third kappa shape index (κ3) is 7.25. The molecule has 1 atom stereocenters. The summed E-state index contributed by atoms with van der Waals surface area (Å²) in [7, 11) is 0. The van der Waals surface area contributed by atoms with E-state index in [2.05, 4.69) is 46.8 Å². The zero-order valence-corrected chi connectivity index (χ0v) is 16.0. The van der Waals surface area contributed by atoms with Gasteiger partial charge in [0.15, 0.2) is 0 Å². The van der Waals surface area contributed by atoms with Crippen molar-refractivity contribution in [3.63, 3.8) is 0 Å². The van der Waals surface area contributed by atoms with Crippen molar-refractivity contribution in [2.24, 2.45) is 5.92 Å². The molecule has 0 saturated heterocycles. The molecule has 134 valence electrons. The molecule has 0 heterocycles. The molecule has 1 unspecified atom stereocenters. The first-order chi connectivity index (χ1) is 11.3. The molecular weight excluding hydrogens is 296 g/mol. The van der Waals surface area contributed by atoms with Crippen molar-refractivity contribution in [3.8, 4) is 11.5 Å². The molecule has 0 spiro atoms. The largest absolute Gasteiger partial charge is 0.508 e. The molecule has 2 heteroatoms. The number of hydrogen-bond donors (Lipinski definition) is 2. The molecule has 0 aromatic heterocycles. The van der Waals surface area contributed by atoms with Gasteiger partial charge in [-0.1, -0.05) is 43.6 Å². The summed E-state index contributed by atoms with van der Waals surface area (Å²) in [6.07, 6.45) is 10.1. The molecule has 0 saturated carbocycles. The average molecular weight is 331 g/mol. The van der Waals surface area contributed by atoms with Crippen LogP contribution in [0.15, 0.2) is 35.4 Å². The number of allylic oxidation sites excluding steroid dienone is 4. The van der Waals surface area contributed by atoms with Gasteiger partial charge in [0.25, 0.3) is 0 Å². The van der Waals surface area contributed by atoms with Gasteiger partial charge in [-0.3, -0.25) is 0 Å². The third-order valence-electron chi connectivity index (χ3n) is 4.63. The van der Waals surface area contributed by atoms with Crippen LogP contribution in [0, 0.1) is 5.92 Å². The lowest BCUT2D eigenvalue weighted by Crippen LogP contribution is -1.96. The molecule has 0 amide bonds. The number of phenols is 2. The second-order valence-corrected chi connectivity index (χ2v) is 7.24. The first-order valence-corrected chi connectivity index (χ1v) is 9.16. The van der Waals surface area contributed by atoms with Crippen LogP contribution in [-0.2, 0) is 12.8 Å². The van der Waals surface area contributed by atoms with Crippen LogP contribution in [0.5, 0.6) is 11.5 Å². The molecular formula is C22H34O2. The Hall–Kier alpha value is -1.70. The molecule has 0 aliphatic rings. The van der Waals surface area contributed by atoms with E-state index in [1.807, 2.05) is 12.1 Å². The average Bonchev–Trinajstić information content (AvgIpc) is 2.51. The topological polar surface area (TPSA) is 40.5 Å². The van der Waals surface area contributed by atoms with Crippen LogP contribution in [0.3, 0.4) is 0 Å². The summed E-state index contributed by atoms with van der Waals surface area (Å²) in [5.74, 6) is 1.09. The Bertz CT molecular complexity index is 555. The minimum atomic E-state index is 0.211. The zero-order chi connectivity index (χ0) is 18.1. The minimum Gasteiger partial charge on any atom is -0.508 e. The molecule has 2 N–H and O–H groups in total. The van der Waals surface area contributed by atoms with Gasteiger partial charge < -0.3 is 10.2 Å². The van der Waals surface area contributed by atoms with Crippen LogP contribution in [0.4, 0.5) is 0 Å². The van der Waals surface area contributed by atoms with E-state index in [4.69, 9.17) is 0 Å². The van der Waals surface area contributed by atoms with Gasteiger partial charge in [-0.2, -0.15) is 0 Å². The lowest BCUT2D eigenvalue weighted by Gasteiger charge is -2.11. The molecule has 24 heavy (non-hydrogen) atoms. The number of phenolic OH excluding ortho intramolecular Hbond substituents is 2. The number of benzene rings is 1. The van der Waals surface area contributed by atoms with E-state index < -0.39 is 0 Å². The Morgan fingerprint density at radius 2 is 1.71 bits per heavy atom. The molecule has 0 fully saturated rings. The van der Waals surface area contributed by atoms with E-state index in [1.54, 1.807) is 0 Å². The second kappa shape index (κ2) is 10.2. The summed E-state index contributed by atoms with van der Waals surface area (Å²) in [6, 6.07) is 3.62. The Balaban J connectivity index is 2.70. The number of aryl methyl sites for hydroxylation is 1. The summed E-state index contributed by atoms with van der Waals surface area (Å²) in [6.45, 7) is 10.7. The quantitative estimate of drug-likeness (QED) is 0.521. The molecule has 0 radical (unpaired) electrons. The Morgan fingerprint density at radius 3 is 2.25 bits per heavy atom. The lowest BCUT2D eigenvalue weighted by molar-refractivity contribution is 0.438. The normalized spacial score (nSPS) is 13.0. The van der Waals surface area contributed by atoms with Crippen molar-refractivity contribution in [1.29, 1.82) is 0 Å². The monoisotopic (exact) mass is 330 g/mol. The van der Waals surface area contributed by atoms with Crippen molar-refractivity contribution in [1.82, 2.24) is 0 Å². The van der Waals surface area contributed by atoms with Gasteiger partial charge >= 0.3 is 0 Å². The van der Waals surface area contributed by atoms with Crippen molar-refractivity contribution < 1.29 is 10.2 Å². The maximum atomic E-state index is 10.3. The van der Waals surface area contributed by atoms with Crippen LogP contribution in [0.1, 0.15) is 71.4 Å². The molecule has 0 aliphatic carbocycles. The molecule has 1 aromatic carbocycles. The summed E-state index contributed by atoms with van der Waals surface area (Å²) in [4.78, 5) is 0. The summed E-state index contributed by atoms with van der Waals surface area (Å²) < 4.78 is 0. The van der Waals surface area contributed by atoms with E-state index in [-0.39, 0.29) is 11.5 Å². The number of aromatic hydroxyl groups is 2. The smallest absolute Gasteiger partial charge is 0.123 e. The predicted molar refractivity (Wildman–Crippen MR) is 104 cm³/mol. The first kappa shape index (κ1) is 20.3. The minimum absolute atomic E-state index is 0.211. The molecule has 2 nitrogen and oxygen atoms in total. The standard InChI is InChI=1S/C22H34O2/c1-6-17(4)10-12-19-14-21(23)20(22(24)15-19)13-11-18(5)9-7-8-16(2)3/h8,11,14-15,17,23-24H,6-7,9-10,12-13H2,1-5H3/b18-11+. The van der Waals surface area contributed by atoms with E-state index >= 15 is 0 Å². The van der Waals surface area contributed by atoms with Crippen LogP contribution in [0.2, 0.25) is 0 Å². The summed E-state index contributed by atoms with van der Waals surface area (Å²) in [5.41, 5.74) is 4.26. The lowest BCUT2D eigenvalue weighted by atomic mass is 9.97. The Morgan fingerprint density at radius 1 is 1.08 bits per heavy atom. The van der Waals surface area contributed by atoms with Crippen LogP contribution < -0.4 is 0 Å². The van der Waals surface area contributed by atoms with Gasteiger partial charge in [-0.15, -0.1) is 0 Å². The van der Waals surface area contributed by atoms with Crippen molar-refractivity contribution >= 4 is 0 Å². The van der Waals surface area contributed by atoms with E-state index in [0.717, 1.165) is 37.7 Å². The SMILES string of the molecule is CCC(C)CCc1cc(O)c(C/C=C(\C)CCC=C(C)C)c(O)c1. The summed E-state index contributed by atoms with van der Waals surface area (Å²) >= 11 is 0. The van der Waals surface area contributed by atoms with Gasteiger partial charge in [0, 0.05) is 5.56 Å². The van der Waals surface area contributed by atoms with Crippen LogP contribution in [-0.4, -0.2) is 10.2 Å². The fourth-order valence-electron chi connectivity index (χ4n) is 2.64. The molecule has 0 aliphatic heterocycles. The van der Waals surface area contributed by atoms with Crippen LogP contribution >= 0.6 is 0 Å². The van der Waals surface area contributed by atoms with E-state index in [0.29, 0.717) is 17.9 Å². The molecule has 0 bridgehead atoms. The highest BCUT2D eigenvalue weighted by Gasteiger charge is 2.10. The Kier molecular flexibility index (Phi) is 8.67. The van der Waals surface area contributed by atoms with Gasteiger partial charge in [-0.05, 0) is 76.5 Å². The molecule has 1 rings (SSSR count). The van der Waals surface area contributed by atoms with Crippen molar-refractivity contribution in [3.05, 3.63) is 46.6 Å². The number of rotatable bonds is 9. The van der Waals surface area contributed by atoms with E-state index in [1.165, 1.54) is 11.1 Å². The zero-order valence-electron chi connectivity index (χ0n) is 16.0. The number of hydrogen-bond acceptors (Lipinski definition) is 2. The third-order valence-corrected chi connectivity index (χ3v) is 4.63. The summed E-state index contributed by atoms with van der Waals surface area (Å²) in [5, 5.41) is 20.5. The maximum Gasteiger partial charge on any atom is 0.123 e. The van der Waals surface area contributed by atoms with Crippen molar-refractivity contribution in [2.45, 2.75) is 73.1 Å². The fraction of sp³-hybridized carbons (Fsp3) is 0.545. The Labute approximate surface area is 147 Å². The van der Waals surface area contributed by atoms with Crippen molar-refractivity contribution in [2.75, 3.05) is 0 Å². The van der Waals surface area contributed by atoms with Gasteiger partial charge in [0.1, 0.15) is 11.5 Å². The predicted octanol–water partition coefficient (Wildman–Crippen LogP) is 6.31. The van der Waals surface area contributed by atoms with Gasteiger partial charge in [0.05, 0.1) is 0 Å². The molecule has 1 aromatic rings. The highest BCUT2D eigenvalue weighted by Crippen LogP contribution is 2.31. The van der Waals surface area contributed by atoms with E-state index in [9.17, 15) is 10.2 Å². The second-order valence-electron chi connectivity index (χ2n) is 7.24. The fourth-order valence-corrected chi connectivity index (χ4v) is 2.64. The van der Waals surface area contributed by atoms with Crippen LogP contribution in [0.25, 0.3) is 0 Å². The van der Waals surface area contributed by atoms with Gasteiger partial charge in [0.2, 0.25) is 0 Å². The first-order valence-electron chi connectivity index (χ1n) is 9.16. The maximum absolute atomic E-state index is 10.3. The van der Waals surface area contributed by atoms with Gasteiger partial charge in [-0.25, -0.2) is 0 Å².